The van der Waals surface area contributed by atoms with Gasteiger partial charge in [-0.25, -0.2) is 9.78 Å². The Bertz CT molecular complexity index is 1850. The molecular weight excluding hydrogens is 617 g/mol. The van der Waals surface area contributed by atoms with Gasteiger partial charge in [0, 0.05) is 25.5 Å². The summed E-state index contributed by atoms with van der Waals surface area (Å²) >= 11 is 0. The Hall–Kier alpha value is -4.77. The maximum Gasteiger partial charge on any atom is 0.416 e. The average Bonchev–Trinajstić information content (AvgIpc) is 3.46. The highest BCUT2D eigenvalue weighted by molar-refractivity contribution is 5.76. The van der Waals surface area contributed by atoms with Gasteiger partial charge in [0.25, 0.3) is 0 Å². The minimum Gasteiger partial charge on any atom is -0.444 e. The van der Waals surface area contributed by atoms with Gasteiger partial charge in [-0.2, -0.15) is 13.2 Å². The average molecular weight is 657 g/mol. The number of aromatic amines is 1. The van der Waals surface area contributed by atoms with Gasteiger partial charge >= 0.3 is 12.3 Å². The van der Waals surface area contributed by atoms with E-state index in [4.69, 9.17) is 9.72 Å². The molecule has 1 atom stereocenters. The lowest BCUT2D eigenvalue weighted by atomic mass is 9.90. The molecule has 0 saturated carbocycles. The Morgan fingerprint density at radius 2 is 1.65 bits per heavy atom. The molecule has 0 saturated heterocycles. The first kappa shape index (κ1) is 33.1. The van der Waals surface area contributed by atoms with Crippen LogP contribution in [0, 0.1) is 0 Å². The first-order valence-electron chi connectivity index (χ1n) is 16.1. The van der Waals surface area contributed by atoms with E-state index in [1.54, 1.807) is 11.1 Å². The maximum absolute atomic E-state index is 13.4. The molecular formula is C37H39F3N6O2. The molecule has 250 valence electrons. The van der Waals surface area contributed by atoms with E-state index in [0.29, 0.717) is 43.0 Å². The number of nitrogens with one attached hydrogen (secondary N) is 1. The fourth-order valence-corrected chi connectivity index (χ4v) is 6.13. The first-order chi connectivity index (χ1) is 22.9. The monoisotopic (exact) mass is 656 g/mol. The number of pyridine rings is 2. The summed E-state index contributed by atoms with van der Waals surface area (Å²) in [5.41, 5.74) is 4.48. The van der Waals surface area contributed by atoms with Crippen LogP contribution in [0.25, 0.3) is 11.0 Å². The Balaban J connectivity index is 1.24. The standard InChI is InChI=1S/C37H39F3N6O2/c1-36(2,3)48-35(47)46(23-29-10-4-5-18-41-29)22-26-14-12-25(13-15-26)21-45(32-11-6-8-27-9-7-19-42-34(27)32)24-33-43-30-17-16-28(37(38,39)40)20-31(30)44-33/h4-5,7,9-10,12-20,32H,6,8,11,21-24H2,1-3H3,(H,43,44). The number of rotatable bonds is 9. The molecule has 3 heterocycles. The van der Waals surface area contributed by atoms with E-state index in [0.717, 1.165) is 53.9 Å². The van der Waals surface area contributed by atoms with E-state index in [2.05, 4.69) is 25.9 Å². The van der Waals surface area contributed by atoms with Gasteiger partial charge in [-0.05, 0) is 93.1 Å². The Morgan fingerprint density at radius 1 is 0.896 bits per heavy atom. The van der Waals surface area contributed by atoms with Crippen molar-refractivity contribution in [1.29, 1.82) is 0 Å². The van der Waals surface area contributed by atoms with Gasteiger partial charge in [0.1, 0.15) is 11.4 Å². The number of fused-ring (bicyclic) bond motifs is 2. The highest BCUT2D eigenvalue weighted by atomic mass is 19.4. The lowest BCUT2D eigenvalue weighted by Crippen LogP contribution is -2.36. The highest BCUT2D eigenvalue weighted by Gasteiger charge is 2.32. The number of hydrogen-bond donors (Lipinski definition) is 1. The lowest BCUT2D eigenvalue weighted by molar-refractivity contribution is -0.137. The van der Waals surface area contributed by atoms with Gasteiger partial charge in [0.15, 0.2) is 0 Å². The van der Waals surface area contributed by atoms with E-state index in [9.17, 15) is 18.0 Å². The van der Waals surface area contributed by atoms with Crippen LogP contribution in [0.1, 0.15) is 79.1 Å². The van der Waals surface area contributed by atoms with Crippen LogP contribution >= 0.6 is 0 Å². The molecule has 1 aliphatic rings. The van der Waals surface area contributed by atoms with E-state index < -0.39 is 23.4 Å². The molecule has 0 fully saturated rings. The number of amides is 1. The maximum atomic E-state index is 13.4. The van der Waals surface area contributed by atoms with E-state index in [1.807, 2.05) is 75.5 Å². The fraction of sp³-hybridized carbons (Fsp3) is 0.351. The number of benzene rings is 2. The minimum absolute atomic E-state index is 0.00890. The normalized spacial score (nSPS) is 15.0. The number of nitrogens with zero attached hydrogens (tertiary/aromatic N) is 5. The van der Waals surface area contributed by atoms with Crippen LogP contribution in [0.4, 0.5) is 18.0 Å². The van der Waals surface area contributed by atoms with E-state index in [1.165, 1.54) is 11.6 Å². The zero-order chi connectivity index (χ0) is 33.9. The summed E-state index contributed by atoms with van der Waals surface area (Å²) in [6, 6.07) is 21.4. The number of imidazole rings is 1. The van der Waals surface area contributed by atoms with Crippen molar-refractivity contribution in [3.8, 4) is 0 Å². The smallest absolute Gasteiger partial charge is 0.416 e. The minimum atomic E-state index is -4.43. The molecule has 5 aromatic rings. The van der Waals surface area contributed by atoms with Crippen molar-refractivity contribution in [2.75, 3.05) is 0 Å². The van der Waals surface area contributed by atoms with Crippen LogP contribution in [-0.2, 0) is 43.5 Å². The third kappa shape index (κ3) is 8.20. The van der Waals surface area contributed by atoms with E-state index in [-0.39, 0.29) is 6.04 Å². The summed E-state index contributed by atoms with van der Waals surface area (Å²) in [5, 5.41) is 0. The second kappa shape index (κ2) is 13.8. The molecule has 0 aliphatic heterocycles. The van der Waals surface area contributed by atoms with Crippen LogP contribution in [0.5, 0.6) is 0 Å². The molecule has 8 nitrogen and oxygen atoms in total. The van der Waals surface area contributed by atoms with E-state index >= 15 is 0 Å². The molecule has 6 rings (SSSR count). The quantitative estimate of drug-likeness (QED) is 0.172. The number of carbonyl (C=O) groups excluding carboxylic acids is 1. The van der Waals surface area contributed by atoms with Crippen LogP contribution in [0.3, 0.4) is 0 Å². The zero-order valence-electron chi connectivity index (χ0n) is 27.3. The third-order valence-electron chi connectivity index (χ3n) is 8.33. The lowest BCUT2D eigenvalue weighted by Gasteiger charge is -2.34. The second-order valence-electron chi connectivity index (χ2n) is 13.2. The largest absolute Gasteiger partial charge is 0.444 e. The number of ether oxygens (including phenoxy) is 1. The summed E-state index contributed by atoms with van der Waals surface area (Å²) in [6.45, 7) is 7.14. The number of aryl methyl sites for hydroxylation is 1. The number of H-pyrrole nitrogens is 1. The fourth-order valence-electron chi connectivity index (χ4n) is 6.13. The first-order valence-corrected chi connectivity index (χ1v) is 16.1. The van der Waals surface area contributed by atoms with Crippen molar-refractivity contribution in [2.45, 2.75) is 84.0 Å². The molecule has 48 heavy (non-hydrogen) atoms. The Morgan fingerprint density at radius 3 is 2.35 bits per heavy atom. The molecule has 0 radical (unpaired) electrons. The van der Waals surface area contributed by atoms with Crippen LogP contribution in [0.2, 0.25) is 0 Å². The molecule has 1 unspecified atom stereocenters. The molecule has 3 aromatic heterocycles. The van der Waals surface area contributed by atoms with Gasteiger partial charge in [0.2, 0.25) is 0 Å². The molecule has 0 spiro atoms. The Kier molecular flexibility index (Phi) is 9.50. The summed E-state index contributed by atoms with van der Waals surface area (Å²) in [7, 11) is 0. The van der Waals surface area contributed by atoms with Gasteiger partial charge < -0.3 is 9.72 Å². The van der Waals surface area contributed by atoms with Crippen molar-refractivity contribution < 1.29 is 22.7 Å². The van der Waals surface area contributed by atoms with Crippen molar-refractivity contribution in [3.05, 3.63) is 125 Å². The van der Waals surface area contributed by atoms with Crippen LogP contribution in [-0.4, -0.2) is 41.4 Å². The van der Waals surface area contributed by atoms with Gasteiger partial charge in [0.05, 0.1) is 47.1 Å². The van der Waals surface area contributed by atoms with Crippen LogP contribution < -0.4 is 0 Å². The Labute approximate surface area is 278 Å². The topological polar surface area (TPSA) is 87.2 Å². The summed E-state index contributed by atoms with van der Waals surface area (Å²) < 4.78 is 45.8. The summed E-state index contributed by atoms with van der Waals surface area (Å²) in [6.07, 6.45) is 1.53. The van der Waals surface area contributed by atoms with Gasteiger partial charge in [-0.1, -0.05) is 36.4 Å². The molecule has 0 bridgehead atoms. The molecule has 1 N–H and O–H groups in total. The third-order valence-corrected chi connectivity index (χ3v) is 8.33. The van der Waals surface area contributed by atoms with Crippen molar-refractivity contribution in [2.24, 2.45) is 0 Å². The SMILES string of the molecule is CC(C)(C)OC(=O)N(Cc1ccc(CN(Cc2nc3ccc(C(F)(F)F)cc3[nH]2)C2CCCc3cccnc32)cc1)Cc1ccccn1. The predicted octanol–water partition coefficient (Wildman–Crippen LogP) is 8.39. The molecule has 1 amide bonds. The zero-order valence-corrected chi connectivity index (χ0v) is 27.3. The number of carbonyl (C=O) groups is 1. The number of aromatic nitrogens is 4. The van der Waals surface area contributed by atoms with Gasteiger partial charge in [-0.15, -0.1) is 0 Å². The van der Waals surface area contributed by atoms with Crippen molar-refractivity contribution in [1.82, 2.24) is 29.7 Å². The number of halogens is 3. The predicted molar refractivity (Wildman–Crippen MR) is 176 cm³/mol. The second-order valence-corrected chi connectivity index (χ2v) is 13.2. The summed E-state index contributed by atoms with van der Waals surface area (Å²) in [5.74, 6) is 0.589. The molecule has 11 heteroatoms. The van der Waals surface area contributed by atoms with Crippen LogP contribution in [0.15, 0.2) is 85.2 Å². The van der Waals surface area contributed by atoms with Crippen molar-refractivity contribution in [3.63, 3.8) is 0 Å². The summed E-state index contributed by atoms with van der Waals surface area (Å²) in [4.78, 5) is 34.0. The van der Waals surface area contributed by atoms with Gasteiger partial charge in [-0.3, -0.25) is 19.8 Å². The molecule has 1 aliphatic carbocycles. The number of hydrogen-bond acceptors (Lipinski definition) is 6. The molecule has 2 aromatic carbocycles. The van der Waals surface area contributed by atoms with Crippen molar-refractivity contribution >= 4 is 17.1 Å². The highest BCUT2D eigenvalue weighted by Crippen LogP contribution is 2.35. The number of alkyl halides is 3.